The number of carbonyl (C=O) groups excluding carboxylic acids is 2. The number of carbonyl (C=O) groups is 2. The van der Waals surface area contributed by atoms with Crippen LogP contribution < -0.4 is 9.62 Å². The van der Waals surface area contributed by atoms with Gasteiger partial charge in [-0.1, -0.05) is 55.2 Å². The average molecular weight is 543 g/mol. The lowest BCUT2D eigenvalue weighted by atomic mass is 10.1. The second-order valence-electron chi connectivity index (χ2n) is 8.54. The zero-order valence-electron chi connectivity index (χ0n) is 20.7. The van der Waals surface area contributed by atoms with Crippen molar-refractivity contribution in [3.63, 3.8) is 0 Å². The Morgan fingerprint density at radius 2 is 1.66 bits per heavy atom. The summed E-state index contributed by atoms with van der Waals surface area (Å²) in [4.78, 5) is 27.8. The number of halogens is 2. The molecule has 2 amide bonds. The molecule has 0 aliphatic carbocycles. The number of nitrogens with one attached hydrogen (secondary N) is 1. The molecule has 192 valence electrons. The van der Waals surface area contributed by atoms with Crippen molar-refractivity contribution in [2.45, 2.75) is 59.2 Å². The number of aryl methyl sites for hydroxylation is 1. The number of nitrogens with zero attached hydrogens (tertiary/aromatic N) is 2. The highest BCUT2D eigenvalue weighted by atomic mass is 35.5. The number of hydrogen-bond acceptors (Lipinski definition) is 4. The van der Waals surface area contributed by atoms with Crippen LogP contribution in [0.15, 0.2) is 42.5 Å². The highest BCUT2D eigenvalue weighted by Gasteiger charge is 2.30. The van der Waals surface area contributed by atoms with E-state index < -0.39 is 28.5 Å². The summed E-state index contributed by atoms with van der Waals surface area (Å²) in [6, 6.07) is 10.9. The Morgan fingerprint density at radius 1 is 1.03 bits per heavy atom. The SMILES string of the molecule is CCc1ccc(N(CC(=O)N(Cc2ccc(Cl)cc2Cl)C(C)C(=O)NC(C)CC)S(C)(=O)=O)cc1. The largest absolute Gasteiger partial charge is 0.352 e. The molecule has 0 saturated heterocycles. The van der Waals surface area contributed by atoms with E-state index in [1.165, 1.54) is 4.90 Å². The molecule has 7 nitrogen and oxygen atoms in total. The molecule has 2 aromatic carbocycles. The van der Waals surface area contributed by atoms with Crippen molar-refractivity contribution in [3.8, 4) is 0 Å². The van der Waals surface area contributed by atoms with Gasteiger partial charge >= 0.3 is 0 Å². The third-order valence-electron chi connectivity index (χ3n) is 5.84. The minimum absolute atomic E-state index is 0.0102. The maximum absolute atomic E-state index is 13.6. The van der Waals surface area contributed by atoms with Crippen LogP contribution in [-0.4, -0.2) is 50.0 Å². The van der Waals surface area contributed by atoms with Gasteiger partial charge in [0.2, 0.25) is 21.8 Å². The summed E-state index contributed by atoms with van der Waals surface area (Å²) in [5, 5.41) is 3.67. The molecule has 0 radical (unpaired) electrons. The Labute approximate surface area is 218 Å². The van der Waals surface area contributed by atoms with E-state index in [1.54, 1.807) is 37.3 Å². The summed E-state index contributed by atoms with van der Waals surface area (Å²) in [6.45, 7) is 6.98. The van der Waals surface area contributed by atoms with Gasteiger partial charge in [-0.2, -0.15) is 0 Å². The zero-order chi connectivity index (χ0) is 26.3. The predicted molar refractivity (Wildman–Crippen MR) is 142 cm³/mol. The maximum Gasteiger partial charge on any atom is 0.244 e. The Balaban J connectivity index is 2.41. The Hall–Kier alpha value is -2.29. The van der Waals surface area contributed by atoms with E-state index in [2.05, 4.69) is 5.32 Å². The van der Waals surface area contributed by atoms with Gasteiger partial charge in [0.1, 0.15) is 12.6 Å². The Bertz CT molecular complexity index is 1140. The molecule has 0 fully saturated rings. The van der Waals surface area contributed by atoms with Crippen LogP contribution in [0.5, 0.6) is 0 Å². The number of benzene rings is 2. The maximum atomic E-state index is 13.6. The number of amides is 2. The van der Waals surface area contributed by atoms with E-state index in [1.807, 2.05) is 32.9 Å². The first-order chi connectivity index (χ1) is 16.4. The normalized spacial score (nSPS) is 13.1. The summed E-state index contributed by atoms with van der Waals surface area (Å²) in [7, 11) is -3.78. The molecule has 0 aliphatic heterocycles. The standard InChI is InChI=1S/C25H33Cl2N3O4S/c1-6-17(3)28-25(32)18(4)29(15-20-10-11-21(26)14-23(20)27)24(31)16-30(35(5,33)34)22-12-8-19(7-2)9-13-22/h8-14,17-18H,6-7,15-16H2,1-5H3,(H,28,32). The van der Waals surface area contributed by atoms with Crippen LogP contribution in [0.25, 0.3) is 0 Å². The molecule has 0 saturated carbocycles. The Kier molecular flexibility index (Phi) is 10.4. The van der Waals surface area contributed by atoms with Crippen LogP contribution in [0, 0.1) is 0 Å². The van der Waals surface area contributed by atoms with E-state index in [0.29, 0.717) is 21.3 Å². The molecule has 10 heteroatoms. The fourth-order valence-corrected chi connectivity index (χ4v) is 4.71. The minimum atomic E-state index is -3.78. The second kappa shape index (κ2) is 12.6. The molecule has 0 aliphatic rings. The average Bonchev–Trinajstić information content (AvgIpc) is 2.80. The lowest BCUT2D eigenvalue weighted by molar-refractivity contribution is -0.139. The Morgan fingerprint density at radius 3 is 2.17 bits per heavy atom. The number of sulfonamides is 1. The highest BCUT2D eigenvalue weighted by Crippen LogP contribution is 2.24. The van der Waals surface area contributed by atoms with E-state index in [9.17, 15) is 18.0 Å². The van der Waals surface area contributed by atoms with Crippen molar-refractivity contribution in [1.82, 2.24) is 10.2 Å². The molecule has 2 atom stereocenters. The van der Waals surface area contributed by atoms with Gasteiger partial charge in [-0.25, -0.2) is 8.42 Å². The molecule has 2 aromatic rings. The number of hydrogen-bond donors (Lipinski definition) is 1. The molecule has 35 heavy (non-hydrogen) atoms. The van der Waals surface area contributed by atoms with Gasteiger partial charge in [0.15, 0.2) is 0 Å². The van der Waals surface area contributed by atoms with Crippen molar-refractivity contribution in [2.75, 3.05) is 17.1 Å². The van der Waals surface area contributed by atoms with Crippen molar-refractivity contribution in [2.24, 2.45) is 0 Å². The van der Waals surface area contributed by atoms with Gasteiger partial charge in [-0.05, 0) is 62.1 Å². The summed E-state index contributed by atoms with van der Waals surface area (Å²) in [5.41, 5.74) is 2.01. The topological polar surface area (TPSA) is 86.8 Å². The summed E-state index contributed by atoms with van der Waals surface area (Å²) in [5.74, 6) is -0.871. The molecule has 2 unspecified atom stereocenters. The van der Waals surface area contributed by atoms with Crippen molar-refractivity contribution in [1.29, 1.82) is 0 Å². The van der Waals surface area contributed by atoms with E-state index in [4.69, 9.17) is 23.2 Å². The lowest BCUT2D eigenvalue weighted by Gasteiger charge is -2.32. The van der Waals surface area contributed by atoms with Gasteiger partial charge in [-0.15, -0.1) is 0 Å². The van der Waals surface area contributed by atoms with Crippen LogP contribution in [0.3, 0.4) is 0 Å². The van der Waals surface area contributed by atoms with Gasteiger partial charge in [0.25, 0.3) is 0 Å². The van der Waals surface area contributed by atoms with Gasteiger partial charge < -0.3 is 10.2 Å². The van der Waals surface area contributed by atoms with Crippen molar-refractivity contribution < 1.29 is 18.0 Å². The molecule has 0 heterocycles. The summed E-state index contributed by atoms with van der Waals surface area (Å²) < 4.78 is 26.3. The second-order valence-corrected chi connectivity index (χ2v) is 11.3. The van der Waals surface area contributed by atoms with Crippen LogP contribution in [0.2, 0.25) is 10.0 Å². The monoisotopic (exact) mass is 541 g/mol. The van der Waals surface area contributed by atoms with E-state index in [-0.39, 0.29) is 18.5 Å². The lowest BCUT2D eigenvalue weighted by Crippen LogP contribution is -2.52. The molecule has 0 aromatic heterocycles. The van der Waals surface area contributed by atoms with Gasteiger partial charge in [0, 0.05) is 22.6 Å². The van der Waals surface area contributed by atoms with Crippen LogP contribution in [0.1, 0.15) is 45.2 Å². The van der Waals surface area contributed by atoms with Crippen molar-refractivity contribution in [3.05, 3.63) is 63.6 Å². The van der Waals surface area contributed by atoms with Crippen molar-refractivity contribution >= 4 is 50.7 Å². The molecular weight excluding hydrogens is 509 g/mol. The van der Waals surface area contributed by atoms with Crippen LogP contribution in [-0.2, 0) is 32.6 Å². The van der Waals surface area contributed by atoms with Crippen LogP contribution in [0.4, 0.5) is 5.69 Å². The molecule has 0 spiro atoms. The quantitative estimate of drug-likeness (QED) is 0.448. The first-order valence-electron chi connectivity index (χ1n) is 11.5. The minimum Gasteiger partial charge on any atom is -0.352 e. The third-order valence-corrected chi connectivity index (χ3v) is 7.56. The molecule has 1 N–H and O–H groups in total. The van der Waals surface area contributed by atoms with E-state index in [0.717, 1.165) is 29.0 Å². The molecular formula is C25H33Cl2N3O4S. The first-order valence-corrected chi connectivity index (χ1v) is 14.1. The zero-order valence-corrected chi connectivity index (χ0v) is 23.0. The van der Waals surface area contributed by atoms with Crippen LogP contribution >= 0.6 is 23.2 Å². The fourth-order valence-electron chi connectivity index (χ4n) is 3.39. The summed E-state index contributed by atoms with van der Waals surface area (Å²) in [6.07, 6.45) is 2.58. The fraction of sp³-hybridized carbons (Fsp3) is 0.440. The predicted octanol–water partition coefficient (Wildman–Crippen LogP) is 4.65. The highest BCUT2D eigenvalue weighted by molar-refractivity contribution is 7.92. The third kappa shape index (κ3) is 8.12. The van der Waals surface area contributed by atoms with Gasteiger partial charge in [-0.3, -0.25) is 13.9 Å². The molecule has 0 bridgehead atoms. The van der Waals surface area contributed by atoms with Gasteiger partial charge in [0.05, 0.1) is 11.9 Å². The molecule has 2 rings (SSSR count). The first kappa shape index (κ1) is 28.9. The number of rotatable bonds is 11. The smallest absolute Gasteiger partial charge is 0.244 e. The number of anilines is 1. The summed E-state index contributed by atoms with van der Waals surface area (Å²) >= 11 is 12.4. The van der Waals surface area contributed by atoms with E-state index >= 15 is 0 Å².